The topological polar surface area (TPSA) is 64.1 Å². The molecular formula is C19H28IN3O3S. The minimum absolute atomic E-state index is 0. The summed E-state index contributed by atoms with van der Waals surface area (Å²) in [7, 11) is 4.82. The number of hydrogen-bond donors (Lipinski definition) is 2. The molecule has 6 nitrogen and oxygen atoms in total. The third-order valence-electron chi connectivity index (χ3n) is 3.76. The lowest BCUT2D eigenvalue weighted by Crippen LogP contribution is -2.36. The number of benzene rings is 1. The van der Waals surface area contributed by atoms with Crippen LogP contribution in [0.15, 0.2) is 29.3 Å². The van der Waals surface area contributed by atoms with E-state index in [1.807, 2.05) is 19.1 Å². The molecule has 0 amide bonds. The molecule has 0 unspecified atom stereocenters. The highest BCUT2D eigenvalue weighted by molar-refractivity contribution is 14.0. The maximum Gasteiger partial charge on any atom is 0.203 e. The largest absolute Gasteiger partial charge is 0.493 e. The van der Waals surface area contributed by atoms with Crippen LogP contribution in [0.25, 0.3) is 0 Å². The van der Waals surface area contributed by atoms with Gasteiger partial charge >= 0.3 is 0 Å². The number of aliphatic imine (C=N–C) groups is 1. The van der Waals surface area contributed by atoms with E-state index in [0.717, 1.165) is 24.6 Å². The van der Waals surface area contributed by atoms with Gasteiger partial charge in [0, 0.05) is 21.9 Å². The van der Waals surface area contributed by atoms with Crippen molar-refractivity contribution >= 4 is 41.3 Å². The van der Waals surface area contributed by atoms with Gasteiger partial charge in [0.05, 0.1) is 34.4 Å². The second-order valence-electron chi connectivity index (χ2n) is 5.55. The summed E-state index contributed by atoms with van der Waals surface area (Å²) in [6.45, 7) is 6.15. The first-order chi connectivity index (χ1) is 12.6. The Hall–Kier alpha value is -1.68. The van der Waals surface area contributed by atoms with Crippen LogP contribution in [0.4, 0.5) is 0 Å². The normalized spacial score (nSPS) is 10.8. The molecular weight excluding hydrogens is 477 g/mol. The SMILES string of the molecule is CCNC(=NCc1ccc(OC)c(OC)c1OC)NCc1ccc(C)s1.I. The van der Waals surface area contributed by atoms with Crippen LogP contribution in [0, 0.1) is 6.92 Å². The van der Waals surface area contributed by atoms with Crippen LogP contribution >= 0.6 is 35.3 Å². The van der Waals surface area contributed by atoms with Gasteiger partial charge in [0.2, 0.25) is 5.75 Å². The van der Waals surface area contributed by atoms with Crippen molar-refractivity contribution in [3.8, 4) is 17.2 Å². The molecule has 0 aliphatic heterocycles. The van der Waals surface area contributed by atoms with E-state index in [1.54, 1.807) is 32.7 Å². The summed E-state index contributed by atoms with van der Waals surface area (Å²) in [5, 5.41) is 6.63. The molecule has 1 aromatic carbocycles. The third kappa shape index (κ3) is 6.46. The zero-order chi connectivity index (χ0) is 18.9. The monoisotopic (exact) mass is 505 g/mol. The Labute approximate surface area is 182 Å². The zero-order valence-electron chi connectivity index (χ0n) is 16.4. The number of guanidine groups is 1. The van der Waals surface area contributed by atoms with Crippen molar-refractivity contribution in [1.29, 1.82) is 0 Å². The molecule has 0 saturated carbocycles. The predicted octanol–water partition coefficient (Wildman–Crippen LogP) is 3.96. The molecule has 0 aliphatic carbocycles. The Kier molecular flexibility index (Phi) is 10.3. The summed E-state index contributed by atoms with van der Waals surface area (Å²) in [5.41, 5.74) is 0.925. The van der Waals surface area contributed by atoms with Gasteiger partial charge in [0.25, 0.3) is 0 Å². The zero-order valence-corrected chi connectivity index (χ0v) is 19.6. The fourth-order valence-corrected chi connectivity index (χ4v) is 3.37. The summed E-state index contributed by atoms with van der Waals surface area (Å²) in [6.07, 6.45) is 0. The fraction of sp³-hybridized carbons (Fsp3) is 0.421. The Morgan fingerprint density at radius 2 is 1.74 bits per heavy atom. The number of rotatable bonds is 8. The number of aryl methyl sites for hydroxylation is 1. The number of nitrogens with zero attached hydrogens (tertiary/aromatic N) is 1. The first kappa shape index (κ1) is 23.4. The molecule has 1 aromatic heterocycles. The number of halogens is 1. The second-order valence-corrected chi connectivity index (χ2v) is 6.93. The van der Waals surface area contributed by atoms with Crippen LogP contribution in [0.3, 0.4) is 0 Å². The van der Waals surface area contributed by atoms with Crippen LogP contribution in [0.1, 0.15) is 22.2 Å². The van der Waals surface area contributed by atoms with Crippen LogP contribution < -0.4 is 24.8 Å². The summed E-state index contributed by atoms with van der Waals surface area (Å²) >= 11 is 1.78. The lowest BCUT2D eigenvalue weighted by atomic mass is 10.1. The van der Waals surface area contributed by atoms with Gasteiger partial charge in [0.1, 0.15) is 0 Å². The molecule has 2 rings (SSSR count). The maximum absolute atomic E-state index is 5.52. The fourth-order valence-electron chi connectivity index (χ4n) is 2.54. The lowest BCUT2D eigenvalue weighted by Gasteiger charge is -2.15. The van der Waals surface area contributed by atoms with Gasteiger partial charge in [-0.2, -0.15) is 0 Å². The van der Waals surface area contributed by atoms with E-state index in [9.17, 15) is 0 Å². The highest BCUT2D eigenvalue weighted by Crippen LogP contribution is 2.39. The Morgan fingerprint density at radius 1 is 1.00 bits per heavy atom. The van der Waals surface area contributed by atoms with E-state index in [4.69, 9.17) is 14.2 Å². The van der Waals surface area contributed by atoms with Gasteiger partial charge in [-0.25, -0.2) is 4.99 Å². The molecule has 0 saturated heterocycles. The summed E-state index contributed by atoms with van der Waals surface area (Å²) in [6, 6.07) is 8.06. The first-order valence-electron chi connectivity index (χ1n) is 8.48. The molecule has 2 N–H and O–H groups in total. The molecule has 1 heterocycles. The maximum atomic E-state index is 5.52. The minimum atomic E-state index is 0. The Balaban J connectivity index is 0.00000364. The van der Waals surface area contributed by atoms with Gasteiger partial charge in [-0.05, 0) is 38.1 Å². The Bertz CT molecular complexity index is 750. The molecule has 0 fully saturated rings. The van der Waals surface area contributed by atoms with Gasteiger partial charge in [-0.1, -0.05) is 0 Å². The van der Waals surface area contributed by atoms with E-state index >= 15 is 0 Å². The molecule has 27 heavy (non-hydrogen) atoms. The van der Waals surface area contributed by atoms with Crippen molar-refractivity contribution in [2.75, 3.05) is 27.9 Å². The van der Waals surface area contributed by atoms with E-state index < -0.39 is 0 Å². The second kappa shape index (κ2) is 11.9. The number of thiophene rings is 1. The van der Waals surface area contributed by atoms with Crippen molar-refractivity contribution in [1.82, 2.24) is 10.6 Å². The van der Waals surface area contributed by atoms with Crippen molar-refractivity contribution in [2.45, 2.75) is 26.9 Å². The van der Waals surface area contributed by atoms with Gasteiger partial charge in [-0.3, -0.25) is 0 Å². The van der Waals surface area contributed by atoms with Crippen LogP contribution in [-0.4, -0.2) is 33.8 Å². The molecule has 0 spiro atoms. The summed E-state index contributed by atoms with van der Waals surface area (Å²) in [5.74, 6) is 2.61. The molecule has 0 bridgehead atoms. The highest BCUT2D eigenvalue weighted by Gasteiger charge is 2.15. The number of nitrogens with one attached hydrogen (secondary N) is 2. The van der Waals surface area contributed by atoms with E-state index in [2.05, 4.69) is 34.7 Å². The van der Waals surface area contributed by atoms with Crippen molar-refractivity contribution in [3.05, 3.63) is 39.6 Å². The van der Waals surface area contributed by atoms with Crippen LogP contribution in [0.2, 0.25) is 0 Å². The van der Waals surface area contributed by atoms with Crippen LogP contribution in [-0.2, 0) is 13.1 Å². The van der Waals surface area contributed by atoms with Crippen molar-refractivity contribution in [3.63, 3.8) is 0 Å². The predicted molar refractivity (Wildman–Crippen MR) is 122 cm³/mol. The molecule has 0 aliphatic rings. The lowest BCUT2D eigenvalue weighted by molar-refractivity contribution is 0.322. The van der Waals surface area contributed by atoms with Gasteiger partial charge in [0.15, 0.2) is 17.5 Å². The summed E-state index contributed by atoms with van der Waals surface area (Å²) < 4.78 is 16.3. The molecule has 8 heteroatoms. The number of methoxy groups -OCH3 is 3. The number of ether oxygens (including phenoxy) is 3. The average Bonchev–Trinajstić information content (AvgIpc) is 3.08. The van der Waals surface area contributed by atoms with Gasteiger partial charge < -0.3 is 24.8 Å². The quantitative estimate of drug-likeness (QED) is 0.323. The highest BCUT2D eigenvalue weighted by atomic mass is 127. The van der Waals surface area contributed by atoms with E-state index in [0.29, 0.717) is 23.8 Å². The standard InChI is InChI=1S/C19H27N3O3S.HI/c1-6-20-19(22-12-15-9-7-13(2)26-15)21-11-14-8-10-16(23-3)18(25-5)17(14)24-4;/h7-10H,6,11-12H2,1-5H3,(H2,20,21,22);1H. The van der Waals surface area contributed by atoms with E-state index in [-0.39, 0.29) is 24.0 Å². The van der Waals surface area contributed by atoms with E-state index in [1.165, 1.54) is 9.75 Å². The third-order valence-corrected chi connectivity index (χ3v) is 4.76. The summed E-state index contributed by atoms with van der Waals surface area (Å²) in [4.78, 5) is 7.25. The van der Waals surface area contributed by atoms with Crippen LogP contribution in [0.5, 0.6) is 17.2 Å². The first-order valence-corrected chi connectivity index (χ1v) is 9.29. The number of hydrogen-bond acceptors (Lipinski definition) is 5. The minimum Gasteiger partial charge on any atom is -0.493 e. The molecule has 150 valence electrons. The Morgan fingerprint density at radius 3 is 2.30 bits per heavy atom. The molecule has 2 aromatic rings. The molecule has 0 radical (unpaired) electrons. The smallest absolute Gasteiger partial charge is 0.203 e. The van der Waals surface area contributed by atoms with Crippen molar-refractivity contribution < 1.29 is 14.2 Å². The molecule has 0 atom stereocenters. The van der Waals surface area contributed by atoms with Crippen molar-refractivity contribution in [2.24, 2.45) is 4.99 Å². The average molecular weight is 505 g/mol. The van der Waals surface area contributed by atoms with Gasteiger partial charge in [-0.15, -0.1) is 35.3 Å².